The van der Waals surface area contributed by atoms with E-state index in [0.29, 0.717) is 16.9 Å². The molecule has 23 heavy (non-hydrogen) atoms. The van der Waals surface area contributed by atoms with Crippen LogP contribution < -0.4 is 10.5 Å². The van der Waals surface area contributed by atoms with Gasteiger partial charge in [0.2, 0.25) is 0 Å². The largest absolute Gasteiger partial charge is 0.457 e. The molecule has 0 radical (unpaired) electrons. The van der Waals surface area contributed by atoms with Crippen molar-refractivity contribution in [2.45, 2.75) is 18.8 Å². The van der Waals surface area contributed by atoms with E-state index in [2.05, 4.69) is 6.07 Å². The maximum absolute atomic E-state index is 10.8. The minimum atomic E-state index is -0.810. The number of hydrogen-bond acceptors (Lipinski definition) is 3. The van der Waals surface area contributed by atoms with Crippen LogP contribution in [-0.2, 0) is 0 Å². The van der Waals surface area contributed by atoms with Gasteiger partial charge in [-0.15, -0.1) is 0 Å². The van der Waals surface area contributed by atoms with Crippen molar-refractivity contribution in [3.63, 3.8) is 0 Å². The molecule has 5 nitrogen and oxygen atoms in total. The molecule has 3 N–H and O–H groups in total. The molecule has 0 bridgehead atoms. The summed E-state index contributed by atoms with van der Waals surface area (Å²) in [5, 5.41) is 9.91. The summed E-state index contributed by atoms with van der Waals surface area (Å²) in [7, 11) is 0. The van der Waals surface area contributed by atoms with Gasteiger partial charge in [-0.05, 0) is 48.4 Å². The maximum Gasteiger partial charge on any atom is 0.338 e. The molecule has 5 heteroatoms. The molecule has 0 aliphatic heterocycles. The van der Waals surface area contributed by atoms with Crippen molar-refractivity contribution in [1.82, 2.24) is 5.06 Å². The highest BCUT2D eigenvalue weighted by Gasteiger charge is 2.39. The first-order valence-corrected chi connectivity index (χ1v) is 7.73. The fraction of sp³-hybridized carbons (Fsp3) is 0.278. The average Bonchev–Trinajstić information content (AvgIpc) is 3.33. The first-order chi connectivity index (χ1) is 11.1. The Bertz CT molecular complexity index is 675. The topological polar surface area (TPSA) is 75.8 Å². The Labute approximate surface area is 135 Å². The second-order valence-electron chi connectivity index (χ2n) is 5.81. The smallest absolute Gasteiger partial charge is 0.338 e. The van der Waals surface area contributed by atoms with Gasteiger partial charge in [0, 0.05) is 0 Å². The van der Waals surface area contributed by atoms with E-state index in [9.17, 15) is 10.0 Å². The summed E-state index contributed by atoms with van der Waals surface area (Å²) in [6, 6.07) is 16.9. The van der Waals surface area contributed by atoms with Gasteiger partial charge in [0.1, 0.15) is 11.5 Å². The van der Waals surface area contributed by atoms with Crippen LogP contribution in [-0.4, -0.2) is 22.8 Å². The molecule has 2 unspecified atom stereocenters. The highest BCUT2D eigenvalue weighted by Crippen LogP contribution is 2.52. The standard InChI is InChI=1S/C18H20N2O3/c19-18(21)20(22)11-10-13-12-16(13)15-8-4-5-9-17(15)23-14-6-2-1-3-7-14/h1-9,13,16,22H,10-12H2,(H2,19,21). The van der Waals surface area contributed by atoms with Gasteiger partial charge in [-0.1, -0.05) is 36.4 Å². The van der Waals surface area contributed by atoms with Crippen LogP contribution in [0.1, 0.15) is 24.3 Å². The quantitative estimate of drug-likeness (QED) is 0.630. The maximum atomic E-state index is 10.8. The van der Waals surface area contributed by atoms with Crippen LogP contribution in [0.3, 0.4) is 0 Å². The number of ether oxygens (including phenoxy) is 1. The second kappa shape index (κ2) is 6.71. The van der Waals surface area contributed by atoms with Gasteiger partial charge in [-0.25, -0.2) is 9.86 Å². The number of carbonyl (C=O) groups excluding carboxylic acids is 1. The number of urea groups is 1. The van der Waals surface area contributed by atoms with Crippen LogP contribution in [0.2, 0.25) is 0 Å². The summed E-state index contributed by atoms with van der Waals surface area (Å²) in [6.45, 7) is 0.262. The molecule has 0 aromatic heterocycles. The zero-order valence-electron chi connectivity index (χ0n) is 12.8. The predicted molar refractivity (Wildman–Crippen MR) is 86.5 cm³/mol. The van der Waals surface area contributed by atoms with Gasteiger partial charge in [0.05, 0.1) is 6.54 Å². The summed E-state index contributed by atoms with van der Waals surface area (Å²) in [5.74, 6) is 2.51. The highest BCUT2D eigenvalue weighted by molar-refractivity contribution is 5.70. The molecule has 1 saturated carbocycles. The summed E-state index contributed by atoms with van der Waals surface area (Å²) in [6.07, 6.45) is 1.76. The Balaban J connectivity index is 1.64. The zero-order valence-corrected chi connectivity index (χ0v) is 12.8. The summed E-state index contributed by atoms with van der Waals surface area (Å²) < 4.78 is 5.99. The number of hydroxylamine groups is 2. The van der Waals surface area contributed by atoms with Crippen molar-refractivity contribution in [3.8, 4) is 11.5 Å². The minimum absolute atomic E-state index is 0.262. The number of amides is 2. The fourth-order valence-electron chi connectivity index (χ4n) is 2.84. The van der Waals surface area contributed by atoms with E-state index in [1.807, 2.05) is 48.5 Å². The van der Waals surface area contributed by atoms with E-state index in [0.717, 1.165) is 24.3 Å². The van der Waals surface area contributed by atoms with Crippen molar-refractivity contribution < 1.29 is 14.7 Å². The molecule has 0 heterocycles. The molecule has 1 fully saturated rings. The van der Waals surface area contributed by atoms with Crippen molar-refractivity contribution in [2.75, 3.05) is 6.54 Å². The minimum Gasteiger partial charge on any atom is -0.457 e. The number of nitrogens with zero attached hydrogens (tertiary/aromatic N) is 1. The zero-order chi connectivity index (χ0) is 16.2. The van der Waals surface area contributed by atoms with E-state index in [4.69, 9.17) is 10.5 Å². The van der Waals surface area contributed by atoms with Gasteiger partial charge in [-0.2, -0.15) is 0 Å². The third-order valence-corrected chi connectivity index (χ3v) is 4.18. The molecule has 2 amide bonds. The molecule has 2 atom stereocenters. The number of para-hydroxylation sites is 2. The highest BCUT2D eigenvalue weighted by atomic mass is 16.5. The van der Waals surface area contributed by atoms with Crippen LogP contribution in [0.15, 0.2) is 54.6 Å². The third-order valence-electron chi connectivity index (χ3n) is 4.18. The van der Waals surface area contributed by atoms with E-state index in [1.165, 1.54) is 5.56 Å². The predicted octanol–water partition coefficient (Wildman–Crippen LogP) is 3.74. The second-order valence-corrected chi connectivity index (χ2v) is 5.81. The van der Waals surface area contributed by atoms with Crippen LogP contribution in [0.5, 0.6) is 11.5 Å². The van der Waals surface area contributed by atoms with Gasteiger partial charge in [-0.3, -0.25) is 5.21 Å². The van der Waals surface area contributed by atoms with Crippen LogP contribution >= 0.6 is 0 Å². The Kier molecular flexibility index (Phi) is 4.48. The van der Waals surface area contributed by atoms with Crippen molar-refractivity contribution in [2.24, 2.45) is 11.7 Å². The molecular weight excluding hydrogens is 292 g/mol. The molecule has 120 valence electrons. The van der Waals surface area contributed by atoms with Crippen LogP contribution in [0.4, 0.5) is 4.79 Å². The summed E-state index contributed by atoms with van der Waals surface area (Å²) in [4.78, 5) is 10.8. The summed E-state index contributed by atoms with van der Waals surface area (Å²) >= 11 is 0. The molecule has 2 aromatic carbocycles. The lowest BCUT2D eigenvalue weighted by Gasteiger charge is -2.13. The number of rotatable bonds is 6. The lowest BCUT2D eigenvalue weighted by Crippen LogP contribution is -2.33. The van der Waals surface area contributed by atoms with E-state index in [1.54, 1.807) is 0 Å². The molecule has 1 aliphatic carbocycles. The first kappa shape index (κ1) is 15.4. The third kappa shape index (κ3) is 3.81. The Morgan fingerprint density at radius 2 is 1.87 bits per heavy atom. The molecule has 0 spiro atoms. The molecular formula is C18H20N2O3. The van der Waals surface area contributed by atoms with Gasteiger partial charge < -0.3 is 10.5 Å². The Morgan fingerprint density at radius 1 is 1.17 bits per heavy atom. The van der Waals surface area contributed by atoms with E-state index >= 15 is 0 Å². The monoisotopic (exact) mass is 312 g/mol. The fourth-order valence-corrected chi connectivity index (χ4v) is 2.84. The normalized spacial score (nSPS) is 19.2. The number of hydrogen-bond donors (Lipinski definition) is 2. The van der Waals surface area contributed by atoms with Gasteiger partial charge in [0.25, 0.3) is 0 Å². The molecule has 3 rings (SSSR count). The van der Waals surface area contributed by atoms with E-state index < -0.39 is 6.03 Å². The van der Waals surface area contributed by atoms with Crippen LogP contribution in [0, 0.1) is 5.92 Å². The number of carbonyl (C=O) groups is 1. The first-order valence-electron chi connectivity index (χ1n) is 7.73. The Morgan fingerprint density at radius 3 is 2.61 bits per heavy atom. The van der Waals surface area contributed by atoms with E-state index in [-0.39, 0.29) is 6.54 Å². The lowest BCUT2D eigenvalue weighted by atomic mass is 10.1. The number of nitrogens with two attached hydrogens (primary N) is 1. The van der Waals surface area contributed by atoms with Gasteiger partial charge >= 0.3 is 6.03 Å². The SMILES string of the molecule is NC(=O)N(O)CCC1CC1c1ccccc1Oc1ccccc1. The van der Waals surface area contributed by atoms with Crippen molar-refractivity contribution >= 4 is 6.03 Å². The number of benzene rings is 2. The molecule has 0 saturated heterocycles. The number of primary amides is 1. The van der Waals surface area contributed by atoms with Gasteiger partial charge in [0.15, 0.2) is 0 Å². The summed E-state index contributed by atoms with van der Waals surface area (Å²) in [5.41, 5.74) is 6.19. The average molecular weight is 312 g/mol. The lowest BCUT2D eigenvalue weighted by molar-refractivity contribution is -0.0410. The molecule has 1 aliphatic rings. The van der Waals surface area contributed by atoms with Crippen molar-refractivity contribution in [3.05, 3.63) is 60.2 Å². The van der Waals surface area contributed by atoms with Crippen LogP contribution in [0.25, 0.3) is 0 Å². The van der Waals surface area contributed by atoms with Crippen molar-refractivity contribution in [1.29, 1.82) is 0 Å². The Hall–Kier alpha value is -2.53. The molecule has 2 aromatic rings.